The summed E-state index contributed by atoms with van der Waals surface area (Å²) in [5.41, 5.74) is -0.706. The number of piperidine rings is 1. The number of aromatic nitrogens is 1. The van der Waals surface area contributed by atoms with Crippen LogP contribution in [0.25, 0.3) is 0 Å². The maximum Gasteiger partial charge on any atom is 0.419 e. The Morgan fingerprint density at radius 3 is 2.58 bits per heavy atom. The van der Waals surface area contributed by atoms with E-state index in [1.54, 1.807) is 12.3 Å². The molecule has 8 heteroatoms. The second-order valence-corrected chi connectivity index (χ2v) is 6.47. The predicted molar refractivity (Wildman–Crippen MR) is 88.2 cm³/mol. The van der Waals surface area contributed by atoms with Crippen LogP contribution in [0.3, 0.4) is 0 Å². The van der Waals surface area contributed by atoms with Crippen LogP contribution in [0.1, 0.15) is 37.1 Å². The summed E-state index contributed by atoms with van der Waals surface area (Å²) in [4.78, 5) is 17.1. The molecular weight excluding hydrogens is 347 g/mol. The summed E-state index contributed by atoms with van der Waals surface area (Å²) < 4.78 is 43.2. The fraction of sp³-hybridized carbons (Fsp3) is 0.444. The highest BCUT2D eigenvalue weighted by atomic mass is 19.4. The molecule has 1 aliphatic rings. The molecule has 3 heterocycles. The quantitative estimate of drug-likeness (QED) is 0.902. The minimum Gasteiger partial charge on any atom is -0.467 e. The van der Waals surface area contributed by atoms with Crippen molar-refractivity contribution in [2.75, 3.05) is 18.0 Å². The third-order valence-electron chi connectivity index (χ3n) is 4.66. The minimum absolute atomic E-state index is 0.0232. The van der Waals surface area contributed by atoms with E-state index < -0.39 is 11.7 Å². The summed E-state index contributed by atoms with van der Waals surface area (Å²) >= 11 is 0. The van der Waals surface area contributed by atoms with Crippen LogP contribution in [-0.2, 0) is 11.0 Å². The molecule has 2 N–H and O–H groups in total. The van der Waals surface area contributed by atoms with Gasteiger partial charge in [0.05, 0.1) is 31.0 Å². The van der Waals surface area contributed by atoms with Crippen LogP contribution < -0.4 is 15.2 Å². The second kappa shape index (κ2) is 7.39. The molecule has 3 rings (SSSR count). The van der Waals surface area contributed by atoms with Crippen molar-refractivity contribution in [2.24, 2.45) is 5.92 Å². The number of rotatable bonds is 4. The Balaban J connectivity index is 1.53. The highest BCUT2D eigenvalue weighted by Crippen LogP contribution is 2.29. The lowest BCUT2D eigenvalue weighted by Crippen LogP contribution is -2.42. The Bertz CT molecular complexity index is 721. The monoisotopic (exact) mass is 368 g/mol. The molecule has 0 bridgehead atoms. The van der Waals surface area contributed by atoms with Gasteiger partial charge in [-0.1, -0.05) is 0 Å². The average molecular weight is 368 g/mol. The summed E-state index contributed by atoms with van der Waals surface area (Å²) in [7, 11) is 0. The van der Waals surface area contributed by atoms with Gasteiger partial charge in [-0.25, -0.2) is 4.98 Å². The molecule has 0 radical (unpaired) electrons. The van der Waals surface area contributed by atoms with Crippen molar-refractivity contribution in [2.45, 2.75) is 32.0 Å². The lowest BCUT2D eigenvalue weighted by Gasteiger charge is -2.27. The molecular formula is C18H21F3N3O2+. The number of nitrogens with one attached hydrogen (secondary N) is 2. The average Bonchev–Trinajstić information content (AvgIpc) is 3.16. The summed E-state index contributed by atoms with van der Waals surface area (Å²) in [5, 5.41) is 2.95. The van der Waals surface area contributed by atoms with Gasteiger partial charge in [0.25, 0.3) is 5.82 Å². The third kappa shape index (κ3) is 4.17. The van der Waals surface area contributed by atoms with Gasteiger partial charge in [-0.2, -0.15) is 13.2 Å². The van der Waals surface area contributed by atoms with Gasteiger partial charge in [0.1, 0.15) is 12.0 Å². The van der Waals surface area contributed by atoms with Gasteiger partial charge in [0, 0.05) is 12.0 Å². The molecule has 0 saturated carbocycles. The SMILES string of the molecule is C[C@H](NC(=O)C1CCN(c2ccc(C(F)(F)F)c[nH+]2)CC1)c1ccco1. The lowest BCUT2D eigenvalue weighted by molar-refractivity contribution is -0.367. The van der Waals surface area contributed by atoms with Gasteiger partial charge < -0.3 is 9.73 Å². The van der Waals surface area contributed by atoms with Gasteiger partial charge in [-0.3, -0.25) is 9.69 Å². The maximum atomic E-state index is 12.6. The van der Waals surface area contributed by atoms with E-state index in [0.29, 0.717) is 37.5 Å². The molecule has 1 amide bonds. The molecule has 1 saturated heterocycles. The van der Waals surface area contributed by atoms with E-state index in [1.165, 1.54) is 6.07 Å². The molecule has 1 atom stereocenters. The number of furan rings is 1. The number of carbonyl (C=O) groups is 1. The van der Waals surface area contributed by atoms with Crippen molar-refractivity contribution in [3.05, 3.63) is 48.0 Å². The largest absolute Gasteiger partial charge is 0.467 e. The van der Waals surface area contributed by atoms with Crippen molar-refractivity contribution in [1.29, 1.82) is 0 Å². The number of anilines is 1. The van der Waals surface area contributed by atoms with Gasteiger partial charge >= 0.3 is 6.18 Å². The van der Waals surface area contributed by atoms with E-state index in [0.717, 1.165) is 12.3 Å². The Hall–Kier alpha value is -2.51. The first-order chi connectivity index (χ1) is 12.3. The number of nitrogens with zero attached hydrogens (tertiary/aromatic N) is 1. The Kier molecular flexibility index (Phi) is 5.20. The van der Waals surface area contributed by atoms with Crippen molar-refractivity contribution in [1.82, 2.24) is 5.32 Å². The number of hydrogen-bond donors (Lipinski definition) is 1. The molecule has 140 valence electrons. The van der Waals surface area contributed by atoms with E-state index in [2.05, 4.69) is 10.3 Å². The molecule has 0 aliphatic carbocycles. The van der Waals surface area contributed by atoms with Crippen LogP contribution in [0.5, 0.6) is 0 Å². The molecule has 5 nitrogen and oxygen atoms in total. The highest BCUT2D eigenvalue weighted by molar-refractivity contribution is 5.79. The van der Waals surface area contributed by atoms with Gasteiger partial charge in [-0.15, -0.1) is 0 Å². The number of pyridine rings is 1. The van der Waals surface area contributed by atoms with Crippen LogP contribution in [0.2, 0.25) is 0 Å². The minimum atomic E-state index is -4.36. The second-order valence-electron chi connectivity index (χ2n) is 6.47. The summed E-state index contributed by atoms with van der Waals surface area (Å²) in [5.74, 6) is 1.19. The van der Waals surface area contributed by atoms with Crippen LogP contribution in [0.15, 0.2) is 41.1 Å². The smallest absolute Gasteiger partial charge is 0.419 e. The van der Waals surface area contributed by atoms with Crippen LogP contribution in [0.4, 0.5) is 19.0 Å². The summed E-state index contributed by atoms with van der Waals surface area (Å²) in [6, 6.07) is 5.89. The van der Waals surface area contributed by atoms with Crippen molar-refractivity contribution in [3.63, 3.8) is 0 Å². The Morgan fingerprint density at radius 2 is 2.04 bits per heavy atom. The summed E-state index contributed by atoms with van der Waals surface area (Å²) in [6.45, 7) is 3.08. The van der Waals surface area contributed by atoms with Crippen molar-refractivity contribution < 1.29 is 27.4 Å². The van der Waals surface area contributed by atoms with Gasteiger partial charge in [-0.05, 0) is 38.0 Å². The summed E-state index contributed by atoms with van der Waals surface area (Å²) in [6.07, 6.45) is -0.530. The maximum absolute atomic E-state index is 12.6. The zero-order chi connectivity index (χ0) is 18.7. The predicted octanol–water partition coefficient (Wildman–Crippen LogP) is 3.21. The Morgan fingerprint density at radius 1 is 1.31 bits per heavy atom. The third-order valence-corrected chi connectivity index (χ3v) is 4.66. The number of halogens is 3. The highest BCUT2D eigenvalue weighted by Gasteiger charge is 2.33. The van der Waals surface area contributed by atoms with E-state index in [-0.39, 0.29) is 17.9 Å². The number of alkyl halides is 3. The van der Waals surface area contributed by atoms with Crippen LogP contribution in [-0.4, -0.2) is 19.0 Å². The number of amides is 1. The van der Waals surface area contributed by atoms with Crippen molar-refractivity contribution >= 4 is 11.7 Å². The molecule has 2 aromatic rings. The fourth-order valence-corrected chi connectivity index (χ4v) is 3.11. The number of H-pyrrole nitrogens is 1. The normalized spacial score (nSPS) is 17.2. The fourth-order valence-electron chi connectivity index (χ4n) is 3.11. The first kappa shape index (κ1) is 18.3. The molecule has 1 aliphatic heterocycles. The number of carbonyl (C=O) groups excluding carboxylic acids is 1. The van der Waals surface area contributed by atoms with Crippen LogP contribution >= 0.6 is 0 Å². The number of hydrogen-bond acceptors (Lipinski definition) is 3. The molecule has 26 heavy (non-hydrogen) atoms. The van der Waals surface area contributed by atoms with E-state index in [9.17, 15) is 18.0 Å². The first-order valence-electron chi connectivity index (χ1n) is 8.52. The standard InChI is InChI=1S/C18H20F3N3O2/c1-12(15-3-2-10-26-15)23-17(25)13-6-8-24(9-7-13)16-5-4-14(11-22-16)18(19,20)21/h2-5,10-13H,6-9H2,1H3,(H,23,25)/p+1/t12-/m0/s1. The zero-order valence-electron chi connectivity index (χ0n) is 14.3. The first-order valence-corrected chi connectivity index (χ1v) is 8.52. The zero-order valence-corrected chi connectivity index (χ0v) is 14.3. The molecule has 1 fully saturated rings. The molecule has 0 unspecified atom stereocenters. The van der Waals surface area contributed by atoms with E-state index >= 15 is 0 Å². The van der Waals surface area contributed by atoms with Crippen molar-refractivity contribution in [3.8, 4) is 0 Å². The van der Waals surface area contributed by atoms with E-state index in [4.69, 9.17) is 4.42 Å². The number of aromatic amines is 1. The lowest BCUT2D eigenvalue weighted by atomic mass is 9.95. The molecule has 0 spiro atoms. The topological polar surface area (TPSA) is 59.6 Å². The molecule has 2 aromatic heterocycles. The van der Waals surface area contributed by atoms with Crippen LogP contribution in [0, 0.1) is 5.92 Å². The Labute approximate surface area is 149 Å². The van der Waals surface area contributed by atoms with Gasteiger partial charge in [0.15, 0.2) is 0 Å². The van der Waals surface area contributed by atoms with E-state index in [1.807, 2.05) is 17.9 Å². The van der Waals surface area contributed by atoms with Gasteiger partial charge in [0.2, 0.25) is 5.91 Å². The molecule has 0 aromatic carbocycles.